The Hall–Kier alpha value is -1.39. The lowest BCUT2D eigenvalue weighted by molar-refractivity contribution is 0.159. The molecular formula is C9H11BrFN3O4S. The second-order valence-corrected chi connectivity index (χ2v) is 5.97. The topological polar surface area (TPSA) is 125 Å². The molecule has 1 rings (SSSR count). The Morgan fingerprint density at radius 1 is 1.47 bits per heavy atom. The van der Waals surface area contributed by atoms with Crippen LogP contribution >= 0.6 is 15.9 Å². The lowest BCUT2D eigenvalue weighted by Crippen LogP contribution is -2.29. The fourth-order valence-corrected chi connectivity index (χ4v) is 2.94. The molecule has 0 fully saturated rings. The highest BCUT2D eigenvalue weighted by Gasteiger charge is 2.21. The number of primary amides is 1. The molecule has 0 radical (unpaired) electrons. The number of ether oxygens (including phenoxy) is 1. The average Bonchev–Trinajstić information content (AvgIpc) is 2.29. The molecule has 0 saturated carbocycles. The van der Waals surface area contributed by atoms with E-state index in [0.717, 1.165) is 6.07 Å². The van der Waals surface area contributed by atoms with E-state index in [1.54, 1.807) is 0 Å². The summed E-state index contributed by atoms with van der Waals surface area (Å²) in [6.07, 6.45) is -1.03. The molecule has 1 amide bonds. The van der Waals surface area contributed by atoms with Gasteiger partial charge in [-0.1, -0.05) is 0 Å². The third kappa shape index (κ3) is 4.33. The summed E-state index contributed by atoms with van der Waals surface area (Å²) in [5.41, 5.74) is 10.2. The smallest absolute Gasteiger partial charge is 0.404 e. The fraction of sp³-hybridized carbons (Fsp3) is 0.222. The molecule has 0 spiro atoms. The van der Waals surface area contributed by atoms with Crippen molar-refractivity contribution in [1.29, 1.82) is 0 Å². The van der Waals surface area contributed by atoms with Gasteiger partial charge < -0.3 is 16.2 Å². The molecule has 19 heavy (non-hydrogen) atoms. The minimum atomic E-state index is -4.10. The zero-order valence-electron chi connectivity index (χ0n) is 9.52. The van der Waals surface area contributed by atoms with Crippen molar-refractivity contribution >= 4 is 37.7 Å². The maximum atomic E-state index is 13.7. The molecule has 10 heteroatoms. The number of amides is 1. The van der Waals surface area contributed by atoms with Crippen molar-refractivity contribution in [3.05, 3.63) is 22.4 Å². The summed E-state index contributed by atoms with van der Waals surface area (Å²) in [6.45, 7) is -0.503. The SMILES string of the molecule is NC(=O)OCCNS(=O)(=O)c1cc(N)cc(Br)c1F. The molecule has 5 N–H and O–H groups in total. The molecule has 0 atom stereocenters. The highest BCUT2D eigenvalue weighted by Crippen LogP contribution is 2.25. The fourth-order valence-electron chi connectivity index (χ4n) is 1.18. The number of hydrogen-bond donors (Lipinski definition) is 3. The van der Waals surface area contributed by atoms with Gasteiger partial charge in [-0.15, -0.1) is 0 Å². The molecule has 7 nitrogen and oxygen atoms in total. The van der Waals surface area contributed by atoms with Crippen LogP contribution in [0.1, 0.15) is 0 Å². The highest BCUT2D eigenvalue weighted by atomic mass is 79.9. The number of sulfonamides is 1. The van der Waals surface area contributed by atoms with E-state index in [0.29, 0.717) is 0 Å². The normalized spacial score (nSPS) is 11.3. The summed E-state index contributed by atoms with van der Waals surface area (Å²) in [7, 11) is -4.10. The number of nitrogen functional groups attached to an aromatic ring is 1. The van der Waals surface area contributed by atoms with Crippen molar-refractivity contribution in [3.8, 4) is 0 Å². The highest BCUT2D eigenvalue weighted by molar-refractivity contribution is 9.10. The second kappa shape index (κ2) is 6.17. The van der Waals surface area contributed by atoms with Gasteiger partial charge in [0.15, 0.2) is 5.82 Å². The Bertz CT molecular complexity index is 593. The van der Waals surface area contributed by atoms with Gasteiger partial charge in [0.25, 0.3) is 0 Å². The number of nitrogens with one attached hydrogen (secondary N) is 1. The summed E-state index contributed by atoms with van der Waals surface area (Å²) in [6, 6.07) is 2.22. The van der Waals surface area contributed by atoms with E-state index in [1.165, 1.54) is 6.07 Å². The lowest BCUT2D eigenvalue weighted by atomic mass is 10.3. The van der Waals surface area contributed by atoms with Crippen LogP contribution in [0.15, 0.2) is 21.5 Å². The average molecular weight is 356 g/mol. The van der Waals surface area contributed by atoms with Crippen molar-refractivity contribution in [2.45, 2.75) is 4.90 Å². The van der Waals surface area contributed by atoms with Crippen molar-refractivity contribution < 1.29 is 22.3 Å². The van der Waals surface area contributed by atoms with Crippen molar-refractivity contribution in [2.24, 2.45) is 5.73 Å². The molecule has 1 aromatic carbocycles. The summed E-state index contributed by atoms with van der Waals surface area (Å²) >= 11 is 2.86. The minimum absolute atomic E-state index is 0.0683. The standard InChI is InChI=1S/C9H11BrFN3O4S/c10-6-3-5(12)4-7(8(6)11)19(16,17)14-1-2-18-9(13)15/h3-4,14H,1-2,12H2,(H2,13,15). The van der Waals surface area contributed by atoms with Crippen LogP contribution in [0.3, 0.4) is 0 Å². The number of rotatable bonds is 5. The van der Waals surface area contributed by atoms with Crippen LogP contribution in [0.4, 0.5) is 14.9 Å². The van der Waals surface area contributed by atoms with Gasteiger partial charge in [0.1, 0.15) is 11.5 Å². The molecule has 0 bridgehead atoms. The Morgan fingerprint density at radius 2 is 2.11 bits per heavy atom. The number of halogens is 2. The van der Waals surface area contributed by atoms with Crippen LogP contribution < -0.4 is 16.2 Å². The van der Waals surface area contributed by atoms with E-state index in [1.807, 2.05) is 4.72 Å². The maximum absolute atomic E-state index is 13.7. The zero-order valence-corrected chi connectivity index (χ0v) is 11.9. The number of nitrogens with two attached hydrogens (primary N) is 2. The van der Waals surface area contributed by atoms with Gasteiger partial charge in [-0.05, 0) is 28.1 Å². The molecule has 0 saturated heterocycles. The predicted octanol–water partition coefficient (Wildman–Crippen LogP) is 0.544. The minimum Gasteiger partial charge on any atom is -0.448 e. The van der Waals surface area contributed by atoms with Crippen LogP contribution in [0.25, 0.3) is 0 Å². The molecular weight excluding hydrogens is 345 g/mol. The van der Waals surface area contributed by atoms with Gasteiger partial charge in [0.05, 0.1) is 4.47 Å². The first kappa shape index (κ1) is 15.7. The van der Waals surface area contributed by atoms with Crippen LogP contribution in [0.2, 0.25) is 0 Å². The number of benzene rings is 1. The van der Waals surface area contributed by atoms with Crippen LogP contribution in [-0.2, 0) is 14.8 Å². The Balaban J connectivity index is 2.86. The van der Waals surface area contributed by atoms with Gasteiger partial charge in [-0.25, -0.2) is 22.3 Å². The van der Waals surface area contributed by atoms with Gasteiger partial charge in [0.2, 0.25) is 10.0 Å². The van der Waals surface area contributed by atoms with Gasteiger partial charge in [-0.2, -0.15) is 0 Å². The lowest BCUT2D eigenvalue weighted by Gasteiger charge is -2.09. The van der Waals surface area contributed by atoms with E-state index in [-0.39, 0.29) is 23.3 Å². The van der Waals surface area contributed by atoms with E-state index < -0.39 is 26.8 Å². The third-order valence-electron chi connectivity index (χ3n) is 1.95. The summed E-state index contributed by atoms with van der Waals surface area (Å²) in [5, 5.41) is 0. The molecule has 1 aromatic rings. The van der Waals surface area contributed by atoms with E-state index >= 15 is 0 Å². The van der Waals surface area contributed by atoms with Gasteiger partial charge in [0, 0.05) is 12.2 Å². The van der Waals surface area contributed by atoms with Crippen molar-refractivity contribution in [1.82, 2.24) is 4.72 Å². The summed E-state index contributed by atoms with van der Waals surface area (Å²) < 4.78 is 43.6. The maximum Gasteiger partial charge on any atom is 0.404 e. The first-order chi connectivity index (χ1) is 8.74. The molecule has 106 valence electrons. The predicted molar refractivity (Wildman–Crippen MR) is 69.2 cm³/mol. The summed E-state index contributed by atoms with van der Waals surface area (Å²) in [4.78, 5) is 9.68. The Labute approximate surface area is 117 Å². The van der Waals surface area contributed by atoms with Crippen molar-refractivity contribution in [2.75, 3.05) is 18.9 Å². The molecule has 0 heterocycles. The molecule has 0 aromatic heterocycles. The number of carbonyl (C=O) groups is 1. The monoisotopic (exact) mass is 355 g/mol. The largest absolute Gasteiger partial charge is 0.448 e. The van der Waals surface area contributed by atoms with E-state index in [9.17, 15) is 17.6 Å². The molecule has 0 unspecified atom stereocenters. The molecule has 0 aliphatic heterocycles. The first-order valence-electron chi connectivity index (χ1n) is 4.90. The molecule has 0 aliphatic rings. The third-order valence-corrected chi connectivity index (χ3v) is 3.98. The second-order valence-electron chi connectivity index (χ2n) is 3.38. The van der Waals surface area contributed by atoms with Crippen LogP contribution in [-0.4, -0.2) is 27.7 Å². The van der Waals surface area contributed by atoms with Crippen molar-refractivity contribution in [3.63, 3.8) is 0 Å². The number of carbonyl (C=O) groups excluding carboxylic acids is 1. The van der Waals surface area contributed by atoms with Gasteiger partial charge >= 0.3 is 6.09 Å². The van der Waals surface area contributed by atoms with Crippen LogP contribution in [0, 0.1) is 5.82 Å². The van der Waals surface area contributed by atoms with Gasteiger partial charge in [-0.3, -0.25) is 0 Å². The van der Waals surface area contributed by atoms with Crippen LogP contribution in [0.5, 0.6) is 0 Å². The molecule has 0 aliphatic carbocycles. The quantitative estimate of drug-likeness (QED) is 0.525. The Morgan fingerprint density at radius 3 is 2.68 bits per heavy atom. The number of hydrogen-bond acceptors (Lipinski definition) is 5. The van der Waals surface area contributed by atoms with E-state index in [2.05, 4.69) is 20.7 Å². The Kier molecular flexibility index (Phi) is 5.09. The van der Waals surface area contributed by atoms with E-state index in [4.69, 9.17) is 11.5 Å². The number of anilines is 1. The summed E-state index contributed by atoms with van der Waals surface area (Å²) in [5.74, 6) is -0.961. The first-order valence-corrected chi connectivity index (χ1v) is 7.18. The zero-order chi connectivity index (χ0) is 14.6.